The van der Waals surface area contributed by atoms with Crippen molar-refractivity contribution in [3.63, 3.8) is 0 Å². The van der Waals surface area contributed by atoms with Gasteiger partial charge >= 0.3 is 0 Å². The van der Waals surface area contributed by atoms with Gasteiger partial charge in [-0.25, -0.2) is 4.98 Å². The molecule has 1 atom stereocenters. The van der Waals surface area contributed by atoms with Crippen LogP contribution in [0.2, 0.25) is 0 Å². The molecule has 0 amide bonds. The van der Waals surface area contributed by atoms with E-state index in [4.69, 9.17) is 0 Å². The third kappa shape index (κ3) is 2.43. The summed E-state index contributed by atoms with van der Waals surface area (Å²) in [6.07, 6.45) is 3.78. The van der Waals surface area contributed by atoms with Crippen LogP contribution in [0, 0.1) is 13.8 Å². The molecule has 0 radical (unpaired) electrons. The second kappa shape index (κ2) is 5.31. The number of nitrogens with one attached hydrogen (secondary N) is 1. The van der Waals surface area contributed by atoms with Crippen LogP contribution >= 0.6 is 0 Å². The summed E-state index contributed by atoms with van der Waals surface area (Å²) in [4.78, 5) is 8.84. The lowest BCUT2D eigenvalue weighted by molar-refractivity contribution is 0.577. The van der Waals surface area contributed by atoms with Crippen molar-refractivity contribution < 1.29 is 0 Å². The van der Waals surface area contributed by atoms with E-state index in [9.17, 15) is 0 Å². The highest BCUT2D eigenvalue weighted by molar-refractivity contribution is 5.25. The number of nitrogens with zero attached hydrogens (tertiary/aromatic N) is 3. The van der Waals surface area contributed by atoms with Crippen LogP contribution < -0.4 is 5.32 Å². The minimum absolute atomic E-state index is 0.0982. The van der Waals surface area contributed by atoms with Gasteiger partial charge in [-0.1, -0.05) is 6.92 Å². The van der Waals surface area contributed by atoms with Crippen LogP contribution in [0.5, 0.6) is 0 Å². The molecule has 2 heterocycles. The third-order valence-corrected chi connectivity index (χ3v) is 3.19. The Morgan fingerprint density at radius 2 is 2.11 bits per heavy atom. The summed E-state index contributed by atoms with van der Waals surface area (Å²) in [6.45, 7) is 7.09. The number of aromatic nitrogens is 3. The molecule has 0 bridgehead atoms. The summed E-state index contributed by atoms with van der Waals surface area (Å²) in [6, 6.07) is 4.23. The molecular formula is C14H20N4. The maximum Gasteiger partial charge on any atom is 0.105 e. The predicted molar refractivity (Wildman–Crippen MR) is 72.4 cm³/mol. The summed E-state index contributed by atoms with van der Waals surface area (Å²) in [5, 5.41) is 3.47. The van der Waals surface area contributed by atoms with Crippen molar-refractivity contribution >= 4 is 0 Å². The van der Waals surface area contributed by atoms with E-state index < -0.39 is 0 Å². The van der Waals surface area contributed by atoms with Crippen LogP contribution in [0.3, 0.4) is 0 Å². The molecule has 0 aliphatic carbocycles. The lowest BCUT2D eigenvalue weighted by Gasteiger charge is -2.18. The first-order chi connectivity index (χ1) is 8.63. The van der Waals surface area contributed by atoms with E-state index in [1.165, 1.54) is 5.56 Å². The molecule has 18 heavy (non-hydrogen) atoms. The largest absolute Gasteiger partial charge is 0.334 e. The van der Waals surface area contributed by atoms with Crippen molar-refractivity contribution in [2.45, 2.75) is 26.8 Å². The molecule has 2 rings (SSSR count). The quantitative estimate of drug-likeness (QED) is 0.896. The number of hydrogen-bond donors (Lipinski definition) is 1. The Morgan fingerprint density at radius 3 is 2.67 bits per heavy atom. The van der Waals surface area contributed by atoms with E-state index in [-0.39, 0.29) is 6.04 Å². The minimum Gasteiger partial charge on any atom is -0.334 e. The van der Waals surface area contributed by atoms with Crippen molar-refractivity contribution in [2.24, 2.45) is 7.05 Å². The van der Waals surface area contributed by atoms with Gasteiger partial charge in [0.1, 0.15) is 5.82 Å². The van der Waals surface area contributed by atoms with Gasteiger partial charge in [0.2, 0.25) is 0 Å². The molecule has 0 aliphatic heterocycles. The van der Waals surface area contributed by atoms with Gasteiger partial charge in [0, 0.05) is 13.2 Å². The van der Waals surface area contributed by atoms with Crippen molar-refractivity contribution in [2.75, 3.05) is 6.54 Å². The maximum absolute atomic E-state index is 4.48. The van der Waals surface area contributed by atoms with E-state index in [0.717, 1.165) is 23.8 Å². The van der Waals surface area contributed by atoms with Gasteiger partial charge in [0.15, 0.2) is 0 Å². The van der Waals surface area contributed by atoms with Crippen LogP contribution in [0.1, 0.15) is 35.7 Å². The molecule has 0 fully saturated rings. The molecule has 0 saturated carbocycles. The SMILES string of the molecule is CCNC(c1cc(C)ccn1)c1cnc(C)n1C. The molecule has 2 aromatic rings. The molecule has 1 N–H and O–H groups in total. The summed E-state index contributed by atoms with van der Waals surface area (Å²) in [5.41, 5.74) is 3.41. The topological polar surface area (TPSA) is 42.7 Å². The van der Waals surface area contributed by atoms with Crippen molar-refractivity contribution in [3.05, 3.63) is 47.3 Å². The van der Waals surface area contributed by atoms with Crippen LogP contribution in [-0.4, -0.2) is 21.1 Å². The smallest absolute Gasteiger partial charge is 0.105 e. The Balaban J connectivity index is 2.43. The molecule has 0 spiro atoms. The highest BCUT2D eigenvalue weighted by atomic mass is 15.1. The van der Waals surface area contributed by atoms with Gasteiger partial charge in [-0.15, -0.1) is 0 Å². The maximum atomic E-state index is 4.48. The molecule has 1 unspecified atom stereocenters. The zero-order valence-corrected chi connectivity index (χ0v) is 11.4. The Morgan fingerprint density at radius 1 is 1.33 bits per heavy atom. The van der Waals surface area contributed by atoms with Crippen LogP contribution in [0.15, 0.2) is 24.5 Å². The number of pyridine rings is 1. The molecule has 4 heteroatoms. The number of hydrogen-bond acceptors (Lipinski definition) is 3. The van der Waals surface area contributed by atoms with E-state index in [0.29, 0.717) is 0 Å². The Kier molecular flexibility index (Phi) is 3.77. The van der Waals surface area contributed by atoms with Gasteiger partial charge in [-0.3, -0.25) is 4.98 Å². The first-order valence-corrected chi connectivity index (χ1v) is 6.27. The highest BCUT2D eigenvalue weighted by Crippen LogP contribution is 2.21. The van der Waals surface area contributed by atoms with Crippen LogP contribution in [0.25, 0.3) is 0 Å². The zero-order valence-electron chi connectivity index (χ0n) is 11.4. The number of rotatable bonds is 4. The normalized spacial score (nSPS) is 12.7. The molecule has 0 saturated heterocycles. The summed E-state index contributed by atoms with van der Waals surface area (Å²) in [5.74, 6) is 1.01. The minimum atomic E-state index is 0.0982. The zero-order chi connectivity index (χ0) is 13.1. The Hall–Kier alpha value is -1.68. The fraction of sp³-hybridized carbons (Fsp3) is 0.429. The lowest BCUT2D eigenvalue weighted by Crippen LogP contribution is -2.25. The molecule has 0 aliphatic rings. The first kappa shape index (κ1) is 12.8. The van der Waals surface area contributed by atoms with E-state index in [1.54, 1.807) is 0 Å². The van der Waals surface area contributed by atoms with Gasteiger partial charge in [0.05, 0.1) is 23.6 Å². The van der Waals surface area contributed by atoms with Crippen LogP contribution in [0.4, 0.5) is 0 Å². The highest BCUT2D eigenvalue weighted by Gasteiger charge is 2.18. The van der Waals surface area contributed by atoms with E-state index >= 15 is 0 Å². The molecule has 96 valence electrons. The van der Waals surface area contributed by atoms with Gasteiger partial charge in [0.25, 0.3) is 0 Å². The van der Waals surface area contributed by atoms with Crippen molar-refractivity contribution in [1.29, 1.82) is 0 Å². The lowest BCUT2D eigenvalue weighted by atomic mass is 10.1. The van der Waals surface area contributed by atoms with Gasteiger partial charge < -0.3 is 9.88 Å². The number of aryl methyl sites for hydroxylation is 2. The first-order valence-electron chi connectivity index (χ1n) is 6.27. The molecular weight excluding hydrogens is 224 g/mol. The Labute approximate surface area is 108 Å². The molecule has 0 aromatic carbocycles. The fourth-order valence-corrected chi connectivity index (χ4v) is 2.07. The monoisotopic (exact) mass is 244 g/mol. The Bertz CT molecular complexity index is 530. The second-order valence-corrected chi connectivity index (χ2v) is 4.54. The summed E-state index contributed by atoms with van der Waals surface area (Å²) < 4.78 is 2.11. The van der Waals surface area contributed by atoms with E-state index in [1.807, 2.05) is 32.4 Å². The molecule has 2 aromatic heterocycles. The van der Waals surface area contributed by atoms with E-state index in [2.05, 4.69) is 39.8 Å². The predicted octanol–water partition coefficient (Wildman–Crippen LogP) is 2.13. The van der Waals surface area contributed by atoms with Crippen molar-refractivity contribution in [3.8, 4) is 0 Å². The summed E-state index contributed by atoms with van der Waals surface area (Å²) >= 11 is 0. The average molecular weight is 244 g/mol. The standard InChI is InChI=1S/C14H20N4/c1-5-15-14(12-8-10(2)6-7-16-12)13-9-17-11(3)18(13)4/h6-9,14-15H,5H2,1-4H3. The summed E-state index contributed by atoms with van der Waals surface area (Å²) in [7, 11) is 2.04. The van der Waals surface area contributed by atoms with Crippen LogP contribution in [-0.2, 0) is 7.05 Å². The fourth-order valence-electron chi connectivity index (χ4n) is 2.07. The molecule has 4 nitrogen and oxygen atoms in total. The number of imidazole rings is 1. The average Bonchev–Trinajstić information content (AvgIpc) is 2.67. The third-order valence-electron chi connectivity index (χ3n) is 3.19. The van der Waals surface area contributed by atoms with Gasteiger partial charge in [-0.05, 0) is 38.1 Å². The van der Waals surface area contributed by atoms with Crippen molar-refractivity contribution in [1.82, 2.24) is 19.9 Å². The second-order valence-electron chi connectivity index (χ2n) is 4.54. The van der Waals surface area contributed by atoms with Gasteiger partial charge in [-0.2, -0.15) is 0 Å².